The largest absolute Gasteiger partial charge is 0.416 e. The van der Waals surface area contributed by atoms with Gasteiger partial charge in [-0.25, -0.2) is 12.8 Å². The van der Waals surface area contributed by atoms with Crippen molar-refractivity contribution in [3.05, 3.63) is 65.5 Å². The normalized spacial score (nSPS) is 13.5. The molecule has 7 nitrogen and oxygen atoms in total. The number of alkyl halides is 3. The number of nitrogens with one attached hydrogen (secondary N) is 1. The van der Waals surface area contributed by atoms with Crippen LogP contribution in [0.1, 0.15) is 44.7 Å². The maximum Gasteiger partial charge on any atom is 0.416 e. The van der Waals surface area contributed by atoms with Crippen molar-refractivity contribution in [1.29, 1.82) is 0 Å². The third-order valence-electron chi connectivity index (χ3n) is 5.79. The fourth-order valence-electron chi connectivity index (χ4n) is 3.60. The molecule has 2 atom stereocenters. The van der Waals surface area contributed by atoms with Crippen LogP contribution < -0.4 is 9.62 Å². The van der Waals surface area contributed by atoms with E-state index in [0.717, 1.165) is 29.4 Å². The average Bonchev–Trinajstić information content (AvgIpc) is 2.82. The van der Waals surface area contributed by atoms with Gasteiger partial charge in [-0.1, -0.05) is 32.0 Å². The zero-order chi connectivity index (χ0) is 28.0. The van der Waals surface area contributed by atoms with Crippen LogP contribution in [0.25, 0.3) is 0 Å². The zero-order valence-electron chi connectivity index (χ0n) is 21.0. The number of nitrogens with zero attached hydrogens (tertiary/aromatic N) is 2. The zero-order valence-corrected chi connectivity index (χ0v) is 21.9. The van der Waals surface area contributed by atoms with Crippen molar-refractivity contribution in [3.63, 3.8) is 0 Å². The van der Waals surface area contributed by atoms with Gasteiger partial charge in [-0.2, -0.15) is 13.2 Å². The van der Waals surface area contributed by atoms with E-state index in [0.29, 0.717) is 22.4 Å². The maximum atomic E-state index is 13.5. The van der Waals surface area contributed by atoms with Gasteiger partial charge in [-0.15, -0.1) is 0 Å². The van der Waals surface area contributed by atoms with Gasteiger partial charge >= 0.3 is 6.18 Å². The maximum absolute atomic E-state index is 13.5. The number of halogens is 4. The predicted octanol–water partition coefficient (Wildman–Crippen LogP) is 4.33. The van der Waals surface area contributed by atoms with Crippen LogP contribution in [0.5, 0.6) is 0 Å². The molecular weight excluding hydrogens is 514 g/mol. The van der Waals surface area contributed by atoms with Crippen molar-refractivity contribution in [1.82, 2.24) is 10.2 Å². The van der Waals surface area contributed by atoms with Crippen LogP contribution in [0.2, 0.25) is 0 Å². The molecule has 0 fully saturated rings. The number of hydrogen-bond acceptors (Lipinski definition) is 4. The molecule has 12 heteroatoms. The quantitative estimate of drug-likeness (QED) is 0.426. The van der Waals surface area contributed by atoms with Gasteiger partial charge in [-0.05, 0) is 55.7 Å². The molecule has 0 spiro atoms. The summed E-state index contributed by atoms with van der Waals surface area (Å²) in [5, 5.41) is 2.80. The Balaban J connectivity index is 2.48. The lowest BCUT2D eigenvalue weighted by Crippen LogP contribution is -2.53. The predicted molar refractivity (Wildman–Crippen MR) is 133 cm³/mol. The molecule has 0 aliphatic carbocycles. The molecule has 2 rings (SSSR count). The molecule has 0 saturated carbocycles. The second kappa shape index (κ2) is 12.4. The first kappa shape index (κ1) is 30.1. The Bertz CT molecular complexity index is 1190. The first-order valence-electron chi connectivity index (χ1n) is 11.7. The van der Waals surface area contributed by atoms with Crippen LogP contribution >= 0.6 is 0 Å². The lowest BCUT2D eigenvalue weighted by atomic mass is 10.1. The lowest BCUT2D eigenvalue weighted by Gasteiger charge is -2.33. The third kappa shape index (κ3) is 8.44. The molecule has 2 aromatic carbocycles. The van der Waals surface area contributed by atoms with Gasteiger partial charge in [0.2, 0.25) is 21.8 Å². The summed E-state index contributed by atoms with van der Waals surface area (Å²) in [5.41, 5.74) is -0.937. The van der Waals surface area contributed by atoms with Crippen molar-refractivity contribution in [3.8, 4) is 0 Å². The average molecular weight is 546 g/mol. The van der Waals surface area contributed by atoms with Crippen LogP contribution in [-0.4, -0.2) is 50.0 Å². The van der Waals surface area contributed by atoms with Gasteiger partial charge in [0, 0.05) is 12.6 Å². The highest BCUT2D eigenvalue weighted by atomic mass is 32.2. The van der Waals surface area contributed by atoms with Crippen LogP contribution in [-0.2, 0) is 32.3 Å². The van der Waals surface area contributed by atoms with Crippen LogP contribution in [0, 0.1) is 5.82 Å². The van der Waals surface area contributed by atoms with Crippen molar-refractivity contribution < 1.29 is 35.6 Å². The van der Waals surface area contributed by atoms with Crippen molar-refractivity contribution >= 4 is 27.5 Å². The van der Waals surface area contributed by atoms with Crippen molar-refractivity contribution in [2.75, 3.05) is 17.1 Å². The Morgan fingerprint density at radius 3 is 2.16 bits per heavy atom. The molecule has 2 aromatic rings. The molecule has 0 saturated heterocycles. The molecule has 1 N–H and O–H groups in total. The molecule has 0 bridgehead atoms. The van der Waals surface area contributed by atoms with Gasteiger partial charge in [0.25, 0.3) is 0 Å². The Morgan fingerprint density at radius 1 is 1.03 bits per heavy atom. The lowest BCUT2D eigenvalue weighted by molar-refractivity contribution is -0.140. The molecule has 0 radical (unpaired) electrons. The summed E-state index contributed by atoms with van der Waals surface area (Å²) in [7, 11) is -4.19. The SMILES string of the molecule is CC[C@H](C)NC(=O)[C@H](CC)N(Cc1ccc(F)cc1)C(=O)CN(c1cccc(C(F)(F)F)c1)S(C)(=O)=O. The number of benzene rings is 2. The fraction of sp³-hybridized carbons (Fsp3) is 0.440. The number of hydrogen-bond donors (Lipinski definition) is 1. The minimum absolute atomic E-state index is 0.147. The van der Waals surface area contributed by atoms with Crippen LogP contribution in [0.4, 0.5) is 23.2 Å². The fourth-order valence-corrected chi connectivity index (χ4v) is 4.44. The standard InChI is InChI=1S/C25H31F4N3O4S/c1-5-17(3)30-24(34)22(6-2)31(15-18-10-12-20(26)13-11-18)23(33)16-32(37(4,35)36)21-9-7-8-19(14-21)25(27,28)29/h7-14,17,22H,5-6,15-16H2,1-4H3,(H,30,34)/t17-,22-/m0/s1. The summed E-state index contributed by atoms with van der Waals surface area (Å²) in [6, 6.07) is 7.66. The minimum atomic E-state index is -4.72. The van der Waals surface area contributed by atoms with E-state index >= 15 is 0 Å². The summed E-state index contributed by atoms with van der Waals surface area (Å²) < 4.78 is 78.9. The summed E-state index contributed by atoms with van der Waals surface area (Å²) in [6.07, 6.45) is -3.14. The highest BCUT2D eigenvalue weighted by Gasteiger charge is 2.34. The third-order valence-corrected chi connectivity index (χ3v) is 6.93. The van der Waals surface area contributed by atoms with Gasteiger partial charge in [0.15, 0.2) is 0 Å². The van der Waals surface area contributed by atoms with E-state index in [1.54, 1.807) is 13.8 Å². The highest BCUT2D eigenvalue weighted by Crippen LogP contribution is 2.32. The second-order valence-electron chi connectivity index (χ2n) is 8.71. The monoisotopic (exact) mass is 545 g/mol. The van der Waals surface area contributed by atoms with E-state index in [-0.39, 0.29) is 24.7 Å². The molecule has 0 aliphatic heterocycles. The van der Waals surface area contributed by atoms with Crippen LogP contribution in [0.15, 0.2) is 48.5 Å². The van der Waals surface area contributed by atoms with Gasteiger partial charge in [0.05, 0.1) is 17.5 Å². The smallest absolute Gasteiger partial charge is 0.352 e. The molecular formula is C25H31F4N3O4S. The van der Waals surface area contributed by atoms with E-state index in [9.17, 15) is 35.6 Å². The Kier molecular flexibility index (Phi) is 10.1. The number of carbonyl (C=O) groups excluding carboxylic acids is 2. The number of sulfonamides is 1. The molecule has 0 heterocycles. The molecule has 2 amide bonds. The number of anilines is 1. The van der Waals surface area contributed by atoms with Gasteiger partial charge < -0.3 is 10.2 Å². The first-order valence-corrected chi connectivity index (χ1v) is 13.5. The highest BCUT2D eigenvalue weighted by molar-refractivity contribution is 7.92. The molecule has 0 unspecified atom stereocenters. The Morgan fingerprint density at radius 2 is 1.65 bits per heavy atom. The molecule has 0 aliphatic rings. The van der Waals surface area contributed by atoms with Crippen molar-refractivity contribution in [2.24, 2.45) is 0 Å². The van der Waals surface area contributed by atoms with E-state index in [1.807, 2.05) is 6.92 Å². The van der Waals surface area contributed by atoms with Crippen molar-refractivity contribution in [2.45, 2.75) is 58.4 Å². The molecule has 204 valence electrons. The summed E-state index contributed by atoms with van der Waals surface area (Å²) in [6.45, 7) is 4.34. The first-order chi connectivity index (χ1) is 17.2. The minimum Gasteiger partial charge on any atom is -0.352 e. The topological polar surface area (TPSA) is 86.8 Å². The van der Waals surface area contributed by atoms with E-state index in [4.69, 9.17) is 0 Å². The second-order valence-corrected chi connectivity index (χ2v) is 10.6. The summed E-state index contributed by atoms with van der Waals surface area (Å²) in [5.74, 6) is -1.77. The Labute approximate surface area is 214 Å². The Hall–Kier alpha value is -3.15. The van der Waals surface area contributed by atoms with E-state index < -0.39 is 52.0 Å². The van der Waals surface area contributed by atoms with Crippen LogP contribution in [0.3, 0.4) is 0 Å². The van der Waals surface area contributed by atoms with Gasteiger partial charge in [0.1, 0.15) is 18.4 Å². The summed E-state index contributed by atoms with van der Waals surface area (Å²) >= 11 is 0. The number of rotatable bonds is 11. The molecule has 37 heavy (non-hydrogen) atoms. The number of amides is 2. The van der Waals surface area contributed by atoms with E-state index in [2.05, 4.69) is 5.32 Å². The number of carbonyl (C=O) groups is 2. The molecule has 0 aromatic heterocycles. The van der Waals surface area contributed by atoms with Gasteiger partial charge in [-0.3, -0.25) is 13.9 Å². The van der Waals surface area contributed by atoms with E-state index in [1.165, 1.54) is 24.3 Å². The summed E-state index contributed by atoms with van der Waals surface area (Å²) in [4.78, 5) is 27.7.